The second kappa shape index (κ2) is 8.15. The standard InChI is InChI=1S/C17H27NO2/c1-14(15-6-4-3-5-7-15)18-12-13-20-17-10-8-16(19-2)9-11-17/h8-11,14-15,18H,3-7,12-13H2,1-2H3. The molecule has 0 amide bonds. The highest BCUT2D eigenvalue weighted by molar-refractivity contribution is 5.31. The molecule has 2 rings (SSSR count). The van der Waals surface area contributed by atoms with Crippen LogP contribution in [0, 0.1) is 5.92 Å². The summed E-state index contributed by atoms with van der Waals surface area (Å²) in [4.78, 5) is 0. The van der Waals surface area contributed by atoms with Crippen molar-refractivity contribution < 1.29 is 9.47 Å². The van der Waals surface area contributed by atoms with Crippen LogP contribution in [-0.4, -0.2) is 26.3 Å². The second-order valence-electron chi connectivity index (χ2n) is 5.66. The van der Waals surface area contributed by atoms with Crippen LogP contribution in [0.15, 0.2) is 24.3 Å². The minimum absolute atomic E-state index is 0.606. The molecule has 0 radical (unpaired) electrons. The molecule has 0 bridgehead atoms. The van der Waals surface area contributed by atoms with Crippen LogP contribution in [0.25, 0.3) is 0 Å². The van der Waals surface area contributed by atoms with Gasteiger partial charge in [0.15, 0.2) is 0 Å². The zero-order chi connectivity index (χ0) is 14.2. The Morgan fingerprint density at radius 1 is 1.10 bits per heavy atom. The molecule has 3 heteroatoms. The van der Waals surface area contributed by atoms with E-state index in [2.05, 4.69) is 12.2 Å². The maximum Gasteiger partial charge on any atom is 0.119 e. The van der Waals surface area contributed by atoms with Crippen molar-refractivity contribution in [3.8, 4) is 11.5 Å². The van der Waals surface area contributed by atoms with E-state index < -0.39 is 0 Å². The summed E-state index contributed by atoms with van der Waals surface area (Å²) in [7, 11) is 1.67. The van der Waals surface area contributed by atoms with Crippen molar-refractivity contribution in [1.82, 2.24) is 5.32 Å². The van der Waals surface area contributed by atoms with E-state index in [0.717, 1.165) is 24.0 Å². The first-order chi connectivity index (χ1) is 9.79. The van der Waals surface area contributed by atoms with E-state index in [1.165, 1.54) is 32.1 Å². The van der Waals surface area contributed by atoms with E-state index in [0.29, 0.717) is 12.6 Å². The number of hydrogen-bond acceptors (Lipinski definition) is 3. The molecule has 0 saturated heterocycles. The summed E-state index contributed by atoms with van der Waals surface area (Å²) >= 11 is 0. The van der Waals surface area contributed by atoms with Gasteiger partial charge in [0.05, 0.1) is 7.11 Å². The number of rotatable bonds is 7. The first kappa shape index (κ1) is 15.2. The zero-order valence-electron chi connectivity index (χ0n) is 12.7. The zero-order valence-corrected chi connectivity index (χ0v) is 12.7. The number of ether oxygens (including phenoxy) is 2. The van der Waals surface area contributed by atoms with Crippen LogP contribution >= 0.6 is 0 Å². The van der Waals surface area contributed by atoms with Gasteiger partial charge in [-0.25, -0.2) is 0 Å². The fourth-order valence-electron chi connectivity index (χ4n) is 2.93. The lowest BCUT2D eigenvalue weighted by Gasteiger charge is -2.28. The van der Waals surface area contributed by atoms with Crippen LogP contribution < -0.4 is 14.8 Å². The minimum Gasteiger partial charge on any atom is -0.497 e. The van der Waals surface area contributed by atoms with Gasteiger partial charge in [-0.15, -0.1) is 0 Å². The highest BCUT2D eigenvalue weighted by Crippen LogP contribution is 2.26. The van der Waals surface area contributed by atoms with E-state index in [4.69, 9.17) is 9.47 Å². The SMILES string of the molecule is COc1ccc(OCCNC(C)C2CCCCC2)cc1. The molecule has 20 heavy (non-hydrogen) atoms. The highest BCUT2D eigenvalue weighted by Gasteiger charge is 2.19. The fraction of sp³-hybridized carbons (Fsp3) is 0.647. The number of nitrogens with one attached hydrogen (secondary N) is 1. The van der Waals surface area contributed by atoms with Gasteiger partial charge in [-0.3, -0.25) is 0 Å². The fourth-order valence-corrected chi connectivity index (χ4v) is 2.93. The van der Waals surface area contributed by atoms with Crippen LogP contribution in [0.3, 0.4) is 0 Å². The Morgan fingerprint density at radius 3 is 2.40 bits per heavy atom. The van der Waals surface area contributed by atoms with Gasteiger partial charge >= 0.3 is 0 Å². The van der Waals surface area contributed by atoms with E-state index in [9.17, 15) is 0 Å². The van der Waals surface area contributed by atoms with Crippen LogP contribution in [0.1, 0.15) is 39.0 Å². The van der Waals surface area contributed by atoms with E-state index in [1.807, 2.05) is 24.3 Å². The Labute approximate surface area is 122 Å². The first-order valence-electron chi connectivity index (χ1n) is 7.80. The summed E-state index contributed by atoms with van der Waals surface area (Å²) in [6.07, 6.45) is 6.99. The largest absolute Gasteiger partial charge is 0.497 e. The van der Waals surface area contributed by atoms with Crippen molar-refractivity contribution >= 4 is 0 Å². The smallest absolute Gasteiger partial charge is 0.119 e. The third-order valence-electron chi connectivity index (χ3n) is 4.25. The quantitative estimate of drug-likeness (QED) is 0.772. The summed E-state index contributed by atoms with van der Waals surface area (Å²) < 4.78 is 10.9. The van der Waals surface area contributed by atoms with Crippen LogP contribution in [0.5, 0.6) is 11.5 Å². The number of hydrogen-bond donors (Lipinski definition) is 1. The molecule has 1 fully saturated rings. The molecule has 0 aromatic heterocycles. The lowest BCUT2D eigenvalue weighted by atomic mass is 9.84. The predicted molar refractivity (Wildman–Crippen MR) is 82.5 cm³/mol. The van der Waals surface area contributed by atoms with E-state index >= 15 is 0 Å². The van der Waals surface area contributed by atoms with Gasteiger partial charge in [-0.05, 0) is 49.9 Å². The minimum atomic E-state index is 0.606. The van der Waals surface area contributed by atoms with Crippen LogP contribution in [0.2, 0.25) is 0 Å². The monoisotopic (exact) mass is 277 g/mol. The molecule has 1 unspecified atom stereocenters. The summed E-state index contributed by atoms with van der Waals surface area (Å²) in [5, 5.41) is 3.60. The third-order valence-corrected chi connectivity index (χ3v) is 4.25. The summed E-state index contributed by atoms with van der Waals surface area (Å²) in [5.41, 5.74) is 0. The summed E-state index contributed by atoms with van der Waals surface area (Å²) in [6.45, 7) is 3.93. The predicted octanol–water partition coefficient (Wildman–Crippen LogP) is 3.63. The van der Waals surface area contributed by atoms with E-state index in [-0.39, 0.29) is 0 Å². The normalized spacial score (nSPS) is 17.7. The van der Waals surface area contributed by atoms with Crippen molar-refractivity contribution in [2.45, 2.75) is 45.1 Å². The average Bonchev–Trinajstić information content (AvgIpc) is 2.53. The van der Waals surface area contributed by atoms with Crippen molar-refractivity contribution in [3.63, 3.8) is 0 Å². The molecule has 1 atom stereocenters. The first-order valence-corrected chi connectivity index (χ1v) is 7.80. The van der Waals surface area contributed by atoms with Gasteiger partial charge in [-0.1, -0.05) is 19.3 Å². The molecule has 0 spiro atoms. The third kappa shape index (κ3) is 4.71. The van der Waals surface area contributed by atoms with E-state index in [1.54, 1.807) is 7.11 Å². The Balaban J connectivity index is 1.62. The molecule has 0 aliphatic heterocycles. The molecule has 1 aromatic rings. The Bertz CT molecular complexity index is 371. The number of methoxy groups -OCH3 is 1. The van der Waals surface area contributed by atoms with Crippen molar-refractivity contribution in [2.75, 3.05) is 20.3 Å². The maximum atomic E-state index is 5.73. The molecular formula is C17H27NO2. The van der Waals surface area contributed by atoms with Gasteiger partial charge in [-0.2, -0.15) is 0 Å². The van der Waals surface area contributed by atoms with Crippen molar-refractivity contribution in [1.29, 1.82) is 0 Å². The average molecular weight is 277 g/mol. The molecule has 1 aliphatic carbocycles. The molecule has 3 nitrogen and oxygen atoms in total. The van der Waals surface area contributed by atoms with Gasteiger partial charge < -0.3 is 14.8 Å². The molecule has 1 saturated carbocycles. The Morgan fingerprint density at radius 2 is 1.75 bits per heavy atom. The molecular weight excluding hydrogens is 250 g/mol. The second-order valence-corrected chi connectivity index (χ2v) is 5.66. The summed E-state index contributed by atoms with van der Waals surface area (Å²) in [6, 6.07) is 8.35. The van der Waals surface area contributed by atoms with Gasteiger partial charge in [0.1, 0.15) is 18.1 Å². The molecule has 112 valence electrons. The summed E-state index contributed by atoms with van der Waals surface area (Å²) in [5.74, 6) is 2.61. The molecule has 1 aromatic carbocycles. The van der Waals surface area contributed by atoms with Crippen molar-refractivity contribution in [2.24, 2.45) is 5.92 Å². The van der Waals surface area contributed by atoms with Gasteiger partial charge in [0, 0.05) is 12.6 Å². The topological polar surface area (TPSA) is 30.5 Å². The Kier molecular flexibility index (Phi) is 6.19. The molecule has 1 N–H and O–H groups in total. The Hall–Kier alpha value is -1.22. The lowest BCUT2D eigenvalue weighted by Crippen LogP contribution is -2.37. The van der Waals surface area contributed by atoms with Gasteiger partial charge in [0.25, 0.3) is 0 Å². The van der Waals surface area contributed by atoms with Crippen LogP contribution in [-0.2, 0) is 0 Å². The lowest BCUT2D eigenvalue weighted by molar-refractivity contribution is 0.256. The maximum absolute atomic E-state index is 5.73. The number of benzene rings is 1. The van der Waals surface area contributed by atoms with Crippen LogP contribution in [0.4, 0.5) is 0 Å². The highest BCUT2D eigenvalue weighted by atomic mass is 16.5. The molecule has 0 heterocycles. The molecule has 1 aliphatic rings. The van der Waals surface area contributed by atoms with Gasteiger partial charge in [0.2, 0.25) is 0 Å². The van der Waals surface area contributed by atoms with Crippen molar-refractivity contribution in [3.05, 3.63) is 24.3 Å².